The summed E-state index contributed by atoms with van der Waals surface area (Å²) in [4.78, 5) is 18.7. The van der Waals surface area contributed by atoms with Crippen LogP contribution >= 0.6 is 0 Å². The number of nitrogens with two attached hydrogens (primary N) is 2. The van der Waals surface area contributed by atoms with Crippen molar-refractivity contribution in [3.8, 4) is 11.4 Å². The number of benzene rings is 1. The van der Waals surface area contributed by atoms with E-state index in [4.69, 9.17) is 11.5 Å². The highest BCUT2D eigenvalue weighted by Gasteiger charge is 2.09. The number of anilines is 2. The molecular weight excluding hydrogens is 204 g/mol. The largest absolute Gasteiger partial charge is 0.383 e. The van der Waals surface area contributed by atoms with Crippen molar-refractivity contribution in [3.63, 3.8) is 0 Å². The Bertz CT molecular complexity index is 502. The van der Waals surface area contributed by atoms with E-state index in [2.05, 4.69) is 9.97 Å². The number of carbonyl (C=O) groups is 1. The second-order valence-corrected chi connectivity index (χ2v) is 3.22. The number of carbonyl (C=O) groups excluding carboxylic acids is 1. The van der Waals surface area contributed by atoms with E-state index in [1.807, 2.05) is 30.3 Å². The van der Waals surface area contributed by atoms with Gasteiger partial charge in [0, 0.05) is 5.56 Å². The van der Waals surface area contributed by atoms with Gasteiger partial charge in [0.1, 0.15) is 11.6 Å². The lowest BCUT2D eigenvalue weighted by Gasteiger charge is -2.05. The summed E-state index contributed by atoms with van der Waals surface area (Å²) in [6, 6.07) is 9.29. The average Bonchev–Trinajstić information content (AvgIpc) is 2.30. The first-order chi connectivity index (χ1) is 7.72. The highest BCUT2D eigenvalue weighted by molar-refractivity contribution is 5.88. The van der Waals surface area contributed by atoms with Crippen molar-refractivity contribution < 1.29 is 4.79 Å². The maximum Gasteiger partial charge on any atom is 0.163 e. The van der Waals surface area contributed by atoms with Crippen LogP contribution in [0.15, 0.2) is 30.3 Å². The van der Waals surface area contributed by atoms with Crippen molar-refractivity contribution in [1.82, 2.24) is 9.97 Å². The van der Waals surface area contributed by atoms with Gasteiger partial charge in [0.25, 0.3) is 0 Å². The van der Waals surface area contributed by atoms with Gasteiger partial charge in [0.2, 0.25) is 0 Å². The van der Waals surface area contributed by atoms with Crippen LogP contribution in [0.3, 0.4) is 0 Å². The van der Waals surface area contributed by atoms with Crippen molar-refractivity contribution in [3.05, 3.63) is 35.9 Å². The first-order valence-electron chi connectivity index (χ1n) is 4.66. The van der Waals surface area contributed by atoms with E-state index in [1.165, 1.54) is 0 Å². The average molecular weight is 214 g/mol. The summed E-state index contributed by atoms with van der Waals surface area (Å²) in [7, 11) is 0. The SMILES string of the molecule is Nc1nc(-c2ccccc2)nc(N)c1C=O. The zero-order valence-corrected chi connectivity index (χ0v) is 8.42. The fourth-order valence-electron chi connectivity index (χ4n) is 1.34. The molecule has 0 aliphatic carbocycles. The quantitative estimate of drug-likeness (QED) is 0.730. The first-order valence-corrected chi connectivity index (χ1v) is 4.66. The molecule has 0 saturated heterocycles. The van der Waals surface area contributed by atoms with Crippen LogP contribution in [-0.2, 0) is 0 Å². The van der Waals surface area contributed by atoms with Crippen LogP contribution in [-0.4, -0.2) is 16.3 Å². The molecule has 1 heterocycles. The Hall–Kier alpha value is -2.43. The van der Waals surface area contributed by atoms with Crippen molar-refractivity contribution in [2.45, 2.75) is 0 Å². The minimum absolute atomic E-state index is 0.0985. The molecule has 16 heavy (non-hydrogen) atoms. The van der Waals surface area contributed by atoms with Crippen LogP contribution in [0.2, 0.25) is 0 Å². The predicted molar refractivity (Wildman–Crippen MR) is 61.7 cm³/mol. The summed E-state index contributed by atoms with van der Waals surface area (Å²) >= 11 is 0. The molecule has 5 heteroatoms. The molecule has 1 aromatic heterocycles. The number of nitrogens with zero attached hydrogens (tertiary/aromatic N) is 2. The van der Waals surface area contributed by atoms with Crippen molar-refractivity contribution in [2.75, 3.05) is 11.5 Å². The second kappa shape index (κ2) is 3.98. The summed E-state index contributed by atoms with van der Waals surface area (Å²) < 4.78 is 0. The number of hydrogen-bond acceptors (Lipinski definition) is 5. The molecule has 1 aromatic carbocycles. The van der Waals surface area contributed by atoms with Crippen LogP contribution < -0.4 is 11.5 Å². The lowest BCUT2D eigenvalue weighted by atomic mass is 10.2. The van der Waals surface area contributed by atoms with Gasteiger partial charge < -0.3 is 11.5 Å². The molecular formula is C11H10N4O. The van der Waals surface area contributed by atoms with Gasteiger partial charge in [-0.05, 0) is 0 Å². The second-order valence-electron chi connectivity index (χ2n) is 3.22. The van der Waals surface area contributed by atoms with Gasteiger partial charge in [0.15, 0.2) is 12.1 Å². The van der Waals surface area contributed by atoms with E-state index in [9.17, 15) is 4.79 Å². The Morgan fingerprint density at radius 2 is 1.56 bits per heavy atom. The maximum atomic E-state index is 10.7. The number of aldehydes is 1. The van der Waals surface area contributed by atoms with Gasteiger partial charge >= 0.3 is 0 Å². The Morgan fingerprint density at radius 1 is 1.00 bits per heavy atom. The molecule has 0 amide bonds. The molecule has 5 nitrogen and oxygen atoms in total. The Kier molecular flexibility index (Phi) is 2.51. The molecule has 0 aliphatic rings. The molecule has 0 fully saturated rings. The highest BCUT2D eigenvalue weighted by Crippen LogP contribution is 2.20. The van der Waals surface area contributed by atoms with Crippen LogP contribution in [0.5, 0.6) is 0 Å². The number of aromatic nitrogens is 2. The molecule has 0 atom stereocenters. The van der Waals surface area contributed by atoms with Crippen LogP contribution in [0.4, 0.5) is 11.6 Å². The molecule has 0 aliphatic heterocycles. The van der Waals surface area contributed by atoms with Crippen LogP contribution in [0.25, 0.3) is 11.4 Å². The van der Waals surface area contributed by atoms with Crippen molar-refractivity contribution in [2.24, 2.45) is 0 Å². The monoisotopic (exact) mass is 214 g/mol. The lowest BCUT2D eigenvalue weighted by Crippen LogP contribution is -2.06. The third kappa shape index (κ3) is 1.70. The lowest BCUT2D eigenvalue weighted by molar-refractivity contribution is 0.112. The summed E-state index contributed by atoms with van der Waals surface area (Å²) in [5.74, 6) is 0.615. The Morgan fingerprint density at radius 3 is 2.06 bits per heavy atom. The molecule has 0 radical (unpaired) electrons. The van der Waals surface area contributed by atoms with E-state index >= 15 is 0 Å². The summed E-state index contributed by atoms with van der Waals surface area (Å²) in [6.07, 6.45) is 0.555. The molecule has 0 saturated carbocycles. The minimum atomic E-state index is 0.0985. The van der Waals surface area contributed by atoms with Gasteiger partial charge in [0.05, 0.1) is 5.56 Å². The predicted octanol–water partition coefficient (Wildman–Crippen LogP) is 1.12. The first kappa shape index (κ1) is 10.1. The minimum Gasteiger partial charge on any atom is -0.383 e. The third-order valence-electron chi connectivity index (χ3n) is 2.15. The van der Waals surface area contributed by atoms with E-state index in [1.54, 1.807) is 0 Å². The van der Waals surface area contributed by atoms with Gasteiger partial charge in [-0.3, -0.25) is 4.79 Å². The topological polar surface area (TPSA) is 94.9 Å². The molecule has 2 rings (SSSR count). The van der Waals surface area contributed by atoms with Gasteiger partial charge in [-0.15, -0.1) is 0 Å². The maximum absolute atomic E-state index is 10.7. The van der Waals surface area contributed by atoms with Crippen molar-refractivity contribution in [1.29, 1.82) is 0 Å². The smallest absolute Gasteiger partial charge is 0.163 e. The summed E-state index contributed by atoms with van der Waals surface area (Å²) in [5.41, 5.74) is 12.2. The number of nitrogen functional groups attached to an aromatic ring is 2. The zero-order valence-electron chi connectivity index (χ0n) is 8.42. The van der Waals surface area contributed by atoms with E-state index in [0.717, 1.165) is 5.56 Å². The number of rotatable bonds is 2. The van der Waals surface area contributed by atoms with Gasteiger partial charge in [-0.25, -0.2) is 9.97 Å². The Labute approximate surface area is 92.1 Å². The van der Waals surface area contributed by atoms with Gasteiger partial charge in [-0.1, -0.05) is 30.3 Å². The third-order valence-corrected chi connectivity index (χ3v) is 2.15. The van der Waals surface area contributed by atoms with E-state index in [-0.39, 0.29) is 17.2 Å². The highest BCUT2D eigenvalue weighted by atomic mass is 16.1. The fourth-order valence-corrected chi connectivity index (χ4v) is 1.34. The summed E-state index contributed by atoms with van der Waals surface area (Å²) in [6.45, 7) is 0. The molecule has 0 unspecified atom stereocenters. The van der Waals surface area contributed by atoms with Crippen molar-refractivity contribution >= 4 is 17.9 Å². The number of hydrogen-bond donors (Lipinski definition) is 2. The fraction of sp³-hybridized carbons (Fsp3) is 0. The summed E-state index contributed by atoms with van der Waals surface area (Å²) in [5, 5.41) is 0. The standard InChI is InChI=1S/C11H10N4O/c12-9-8(6-16)10(13)15-11(14-9)7-4-2-1-3-5-7/h1-6H,(H4,12,13,14,15). The normalized spacial score (nSPS) is 10.0. The molecule has 4 N–H and O–H groups in total. The molecule has 0 spiro atoms. The zero-order chi connectivity index (χ0) is 11.5. The molecule has 2 aromatic rings. The van der Waals surface area contributed by atoms with Gasteiger partial charge in [-0.2, -0.15) is 0 Å². The molecule has 0 bridgehead atoms. The molecule has 80 valence electrons. The van der Waals surface area contributed by atoms with E-state index < -0.39 is 0 Å². The van der Waals surface area contributed by atoms with E-state index in [0.29, 0.717) is 12.1 Å². The van der Waals surface area contributed by atoms with Crippen LogP contribution in [0.1, 0.15) is 10.4 Å². The van der Waals surface area contributed by atoms with Crippen LogP contribution in [0, 0.1) is 0 Å². The Balaban J connectivity index is 2.57.